The van der Waals surface area contributed by atoms with Gasteiger partial charge in [-0.15, -0.1) is 0 Å². The minimum atomic E-state index is -0.478. The maximum atomic E-state index is 10.5. The molecule has 0 aliphatic carbocycles. The van der Waals surface area contributed by atoms with E-state index in [1.54, 1.807) is 6.07 Å². The van der Waals surface area contributed by atoms with Crippen molar-refractivity contribution in [2.45, 2.75) is 19.9 Å². The predicted octanol–water partition coefficient (Wildman–Crippen LogP) is 3.12. The van der Waals surface area contributed by atoms with Crippen molar-refractivity contribution < 1.29 is 4.92 Å². The summed E-state index contributed by atoms with van der Waals surface area (Å²) in [6.07, 6.45) is 0. The summed E-state index contributed by atoms with van der Waals surface area (Å²) >= 11 is 1.01. The standard InChI is InChI=1S/C8H10N2O3S/c1-5(2)8(9-11)6-3-4-7(14-6)10(12)13/h3-5,8H,1-2H3. The third kappa shape index (κ3) is 2.14. The highest BCUT2D eigenvalue weighted by molar-refractivity contribution is 7.15. The maximum absolute atomic E-state index is 10.5. The SMILES string of the molecule is CC(C)C(N=O)c1ccc([N+](=O)[O-])s1. The molecule has 0 saturated heterocycles. The Morgan fingerprint density at radius 3 is 2.50 bits per heavy atom. The fourth-order valence-electron chi connectivity index (χ4n) is 1.10. The van der Waals surface area contributed by atoms with Gasteiger partial charge in [0.15, 0.2) is 0 Å². The van der Waals surface area contributed by atoms with Crippen LogP contribution in [-0.2, 0) is 0 Å². The summed E-state index contributed by atoms with van der Waals surface area (Å²) in [5.74, 6) is 0.0609. The lowest BCUT2D eigenvalue weighted by atomic mass is 10.0. The van der Waals surface area contributed by atoms with E-state index >= 15 is 0 Å². The van der Waals surface area contributed by atoms with Crippen LogP contribution in [-0.4, -0.2) is 4.92 Å². The van der Waals surface area contributed by atoms with Crippen LogP contribution in [0.1, 0.15) is 24.8 Å². The first kappa shape index (κ1) is 10.8. The molecule has 76 valence electrons. The summed E-state index contributed by atoms with van der Waals surface area (Å²) < 4.78 is 0. The van der Waals surface area contributed by atoms with Crippen LogP contribution in [0.25, 0.3) is 0 Å². The largest absolute Gasteiger partial charge is 0.324 e. The van der Waals surface area contributed by atoms with Crippen LogP contribution in [0.4, 0.5) is 5.00 Å². The van der Waals surface area contributed by atoms with Gasteiger partial charge in [0.25, 0.3) is 0 Å². The van der Waals surface area contributed by atoms with Crippen molar-refractivity contribution in [3.63, 3.8) is 0 Å². The number of nitrogens with zero attached hydrogens (tertiary/aromatic N) is 2. The molecule has 0 N–H and O–H groups in total. The molecule has 5 nitrogen and oxygen atoms in total. The molecule has 0 bridgehead atoms. The van der Waals surface area contributed by atoms with Crippen LogP contribution in [0.15, 0.2) is 17.3 Å². The Bertz CT molecular complexity index is 348. The van der Waals surface area contributed by atoms with E-state index in [2.05, 4.69) is 5.18 Å². The molecule has 0 saturated carbocycles. The number of hydrogen-bond acceptors (Lipinski definition) is 5. The van der Waals surface area contributed by atoms with Gasteiger partial charge in [-0.25, -0.2) is 0 Å². The van der Waals surface area contributed by atoms with Gasteiger partial charge in [0.05, 0.1) is 4.92 Å². The molecule has 6 heteroatoms. The third-order valence-electron chi connectivity index (χ3n) is 1.83. The molecule has 1 rings (SSSR count). The Hall–Kier alpha value is -1.30. The summed E-state index contributed by atoms with van der Waals surface area (Å²) in [7, 11) is 0. The van der Waals surface area contributed by atoms with E-state index in [0.717, 1.165) is 11.3 Å². The number of nitroso groups, excluding NO2 is 1. The van der Waals surface area contributed by atoms with E-state index in [-0.39, 0.29) is 10.9 Å². The van der Waals surface area contributed by atoms with Gasteiger partial charge in [-0.1, -0.05) is 30.4 Å². The van der Waals surface area contributed by atoms with E-state index in [1.807, 2.05) is 13.8 Å². The van der Waals surface area contributed by atoms with Gasteiger partial charge in [0.1, 0.15) is 6.04 Å². The zero-order chi connectivity index (χ0) is 10.7. The van der Waals surface area contributed by atoms with Crippen molar-refractivity contribution in [1.82, 2.24) is 0 Å². The summed E-state index contributed by atoms with van der Waals surface area (Å²) in [5.41, 5.74) is 0. The highest BCUT2D eigenvalue weighted by Crippen LogP contribution is 2.34. The normalized spacial score (nSPS) is 12.8. The number of thiophene rings is 1. The lowest BCUT2D eigenvalue weighted by Gasteiger charge is -2.09. The second-order valence-corrected chi connectivity index (χ2v) is 4.32. The Kier molecular flexibility index (Phi) is 3.29. The summed E-state index contributed by atoms with van der Waals surface area (Å²) in [5, 5.41) is 13.4. The molecule has 0 fully saturated rings. The maximum Gasteiger partial charge on any atom is 0.324 e. The van der Waals surface area contributed by atoms with E-state index in [4.69, 9.17) is 0 Å². The van der Waals surface area contributed by atoms with Crippen molar-refractivity contribution in [3.05, 3.63) is 32.0 Å². The number of nitro groups is 1. The molecule has 1 aromatic heterocycles. The van der Waals surface area contributed by atoms with Gasteiger partial charge in [-0.2, -0.15) is 4.91 Å². The highest BCUT2D eigenvalue weighted by Gasteiger charge is 2.21. The minimum Gasteiger partial charge on any atom is -0.258 e. The van der Waals surface area contributed by atoms with E-state index in [9.17, 15) is 15.0 Å². The van der Waals surface area contributed by atoms with E-state index in [0.29, 0.717) is 4.88 Å². The van der Waals surface area contributed by atoms with E-state index in [1.165, 1.54) is 6.07 Å². The monoisotopic (exact) mass is 214 g/mol. The Balaban J connectivity index is 2.95. The third-order valence-corrected chi connectivity index (χ3v) is 2.94. The van der Waals surface area contributed by atoms with Gasteiger partial charge in [-0.05, 0) is 12.0 Å². The predicted molar refractivity (Wildman–Crippen MR) is 54.3 cm³/mol. The first-order valence-corrected chi connectivity index (χ1v) is 4.94. The van der Waals surface area contributed by atoms with Gasteiger partial charge < -0.3 is 0 Å². The van der Waals surface area contributed by atoms with Gasteiger partial charge in [-0.3, -0.25) is 10.1 Å². The summed E-state index contributed by atoms with van der Waals surface area (Å²) in [6, 6.07) is 2.52. The molecule has 1 aromatic rings. The van der Waals surface area contributed by atoms with Crippen molar-refractivity contribution in [1.29, 1.82) is 0 Å². The van der Waals surface area contributed by atoms with Crippen molar-refractivity contribution in [2.75, 3.05) is 0 Å². The van der Waals surface area contributed by atoms with E-state index < -0.39 is 11.0 Å². The molecule has 0 aliphatic rings. The molecule has 1 unspecified atom stereocenters. The van der Waals surface area contributed by atoms with Gasteiger partial charge in [0.2, 0.25) is 0 Å². The molecule has 1 heterocycles. The second kappa shape index (κ2) is 4.28. The first-order valence-electron chi connectivity index (χ1n) is 4.13. The quantitative estimate of drug-likeness (QED) is 0.439. The molecule has 1 atom stereocenters. The smallest absolute Gasteiger partial charge is 0.258 e. The minimum absolute atomic E-state index is 0.0503. The molecular weight excluding hydrogens is 204 g/mol. The van der Waals surface area contributed by atoms with Crippen LogP contribution >= 0.6 is 11.3 Å². The number of hydrogen-bond donors (Lipinski definition) is 0. The molecular formula is C8H10N2O3S. The van der Waals surface area contributed by atoms with Crippen molar-refractivity contribution in [2.24, 2.45) is 11.1 Å². The molecule has 0 radical (unpaired) electrons. The van der Waals surface area contributed by atoms with Crippen molar-refractivity contribution in [3.8, 4) is 0 Å². The van der Waals surface area contributed by atoms with Crippen molar-refractivity contribution >= 4 is 16.3 Å². The molecule has 0 aliphatic heterocycles. The molecule has 0 aromatic carbocycles. The average Bonchev–Trinajstić information content (AvgIpc) is 2.53. The zero-order valence-electron chi connectivity index (χ0n) is 7.84. The highest BCUT2D eigenvalue weighted by atomic mass is 32.1. The lowest BCUT2D eigenvalue weighted by Crippen LogP contribution is -2.00. The average molecular weight is 214 g/mol. The topological polar surface area (TPSA) is 72.6 Å². The van der Waals surface area contributed by atoms with Crippen LogP contribution < -0.4 is 0 Å². The molecule has 0 spiro atoms. The second-order valence-electron chi connectivity index (χ2n) is 3.23. The number of rotatable bonds is 4. The Morgan fingerprint density at radius 1 is 1.50 bits per heavy atom. The molecule has 0 amide bonds. The Morgan fingerprint density at radius 2 is 2.14 bits per heavy atom. The van der Waals surface area contributed by atoms with Gasteiger partial charge in [0, 0.05) is 10.9 Å². The zero-order valence-corrected chi connectivity index (χ0v) is 8.65. The summed E-state index contributed by atoms with van der Waals surface area (Å²) in [4.78, 5) is 21.1. The van der Waals surface area contributed by atoms with Crippen LogP contribution in [0.2, 0.25) is 0 Å². The van der Waals surface area contributed by atoms with Crippen LogP contribution in [0.3, 0.4) is 0 Å². The fourth-order valence-corrected chi connectivity index (χ4v) is 2.13. The lowest BCUT2D eigenvalue weighted by molar-refractivity contribution is -0.380. The Labute approximate surface area is 84.9 Å². The van der Waals surface area contributed by atoms with Crippen LogP contribution in [0.5, 0.6) is 0 Å². The van der Waals surface area contributed by atoms with Crippen LogP contribution in [0, 0.1) is 20.9 Å². The molecule has 14 heavy (non-hydrogen) atoms. The summed E-state index contributed by atoms with van der Waals surface area (Å²) in [6.45, 7) is 3.72. The first-order chi connectivity index (χ1) is 6.56. The fraction of sp³-hybridized carbons (Fsp3) is 0.500. The van der Waals surface area contributed by atoms with Gasteiger partial charge >= 0.3 is 5.00 Å².